The lowest BCUT2D eigenvalue weighted by Gasteiger charge is -2.00. The third-order valence-corrected chi connectivity index (χ3v) is 2.88. The van der Waals surface area contributed by atoms with E-state index < -0.39 is 0 Å². The van der Waals surface area contributed by atoms with Crippen LogP contribution in [0.3, 0.4) is 0 Å². The molecule has 0 radical (unpaired) electrons. The van der Waals surface area contributed by atoms with Gasteiger partial charge >= 0.3 is 0 Å². The fourth-order valence-corrected chi connectivity index (χ4v) is 1.78. The lowest BCUT2D eigenvalue weighted by Crippen LogP contribution is -2.01. The average Bonchev–Trinajstić information content (AvgIpc) is 2.73. The largest absolute Gasteiger partial charge is 0.239 e. The Labute approximate surface area is 110 Å². The van der Waals surface area contributed by atoms with Crippen LogP contribution in [-0.2, 0) is 0 Å². The van der Waals surface area contributed by atoms with Crippen LogP contribution in [0.15, 0.2) is 24.5 Å². The van der Waals surface area contributed by atoms with Crippen LogP contribution >= 0.6 is 22.6 Å². The number of aromatic nitrogens is 6. The first kappa shape index (κ1) is 10.5. The average molecular weight is 338 g/mol. The van der Waals surface area contributed by atoms with Gasteiger partial charge < -0.3 is 0 Å². The zero-order valence-electron chi connectivity index (χ0n) is 8.87. The van der Waals surface area contributed by atoms with Gasteiger partial charge in [0, 0.05) is 9.77 Å². The highest BCUT2D eigenvalue weighted by Gasteiger charge is 2.09. The van der Waals surface area contributed by atoms with E-state index >= 15 is 0 Å². The maximum Gasteiger partial charge on any atom is 0.188 e. The first-order valence-electron chi connectivity index (χ1n) is 4.91. The van der Waals surface area contributed by atoms with Crippen molar-refractivity contribution in [1.29, 1.82) is 0 Å². The lowest BCUT2D eigenvalue weighted by molar-refractivity contribution is 0.793. The second kappa shape index (κ2) is 3.99. The van der Waals surface area contributed by atoms with Crippen molar-refractivity contribution in [2.24, 2.45) is 0 Å². The molecule has 3 aromatic rings. The fraction of sp³-hybridized carbons (Fsp3) is 0.100. The minimum Gasteiger partial charge on any atom is -0.239 e. The molecule has 0 aliphatic heterocycles. The highest BCUT2D eigenvalue weighted by atomic mass is 127. The number of halogens is 1. The van der Waals surface area contributed by atoms with Gasteiger partial charge in [-0.15, -0.1) is 5.10 Å². The van der Waals surface area contributed by atoms with Crippen LogP contribution in [0.1, 0.15) is 5.82 Å². The number of fused-ring (bicyclic) bond motifs is 1. The molecule has 0 atom stereocenters. The van der Waals surface area contributed by atoms with Gasteiger partial charge in [0.25, 0.3) is 0 Å². The Morgan fingerprint density at radius 1 is 1.18 bits per heavy atom. The second-order valence-corrected chi connectivity index (χ2v) is 4.71. The van der Waals surface area contributed by atoms with Crippen molar-refractivity contribution < 1.29 is 0 Å². The topological polar surface area (TPSA) is 69.4 Å². The number of rotatable bonds is 1. The van der Waals surface area contributed by atoms with Crippen molar-refractivity contribution in [3.63, 3.8) is 0 Å². The van der Waals surface area contributed by atoms with E-state index in [1.54, 1.807) is 17.1 Å². The molecule has 3 rings (SSSR count). The van der Waals surface area contributed by atoms with Crippen molar-refractivity contribution in [2.45, 2.75) is 6.92 Å². The molecule has 0 fully saturated rings. The highest BCUT2D eigenvalue weighted by Crippen LogP contribution is 2.12. The van der Waals surface area contributed by atoms with Gasteiger partial charge in [0.15, 0.2) is 17.0 Å². The molecule has 7 heteroatoms. The molecular weight excluding hydrogens is 331 g/mol. The van der Waals surface area contributed by atoms with E-state index in [0.29, 0.717) is 22.8 Å². The van der Waals surface area contributed by atoms with E-state index in [4.69, 9.17) is 0 Å². The van der Waals surface area contributed by atoms with Crippen molar-refractivity contribution >= 4 is 33.8 Å². The Kier molecular flexibility index (Phi) is 2.46. The Morgan fingerprint density at radius 3 is 2.82 bits per heavy atom. The van der Waals surface area contributed by atoms with Gasteiger partial charge in [-0.3, -0.25) is 0 Å². The van der Waals surface area contributed by atoms with E-state index in [-0.39, 0.29) is 0 Å². The maximum absolute atomic E-state index is 4.32. The third kappa shape index (κ3) is 1.86. The molecule has 0 saturated carbocycles. The number of nitrogens with zero attached hydrogens (tertiary/aromatic N) is 6. The first-order valence-corrected chi connectivity index (χ1v) is 5.99. The quantitative estimate of drug-likeness (QED) is 0.629. The number of hydrogen-bond donors (Lipinski definition) is 0. The Balaban J connectivity index is 2.23. The summed E-state index contributed by atoms with van der Waals surface area (Å²) in [5.41, 5.74) is 1.34. The van der Waals surface area contributed by atoms with Gasteiger partial charge in [-0.05, 0) is 41.6 Å². The summed E-state index contributed by atoms with van der Waals surface area (Å²) in [5, 5.41) is 8.04. The smallest absolute Gasteiger partial charge is 0.188 e. The molecule has 17 heavy (non-hydrogen) atoms. The van der Waals surface area contributed by atoms with Gasteiger partial charge in [-0.1, -0.05) is 5.21 Å². The van der Waals surface area contributed by atoms with Crippen molar-refractivity contribution in [2.75, 3.05) is 0 Å². The SMILES string of the molecule is Cc1ncc2nnn(-c3ccc(I)cn3)c2n1. The van der Waals surface area contributed by atoms with Crippen molar-refractivity contribution in [3.05, 3.63) is 33.9 Å². The summed E-state index contributed by atoms with van der Waals surface area (Å²) in [6, 6.07) is 3.85. The number of hydrogen-bond acceptors (Lipinski definition) is 5. The Morgan fingerprint density at radius 2 is 2.06 bits per heavy atom. The molecule has 0 aliphatic rings. The van der Waals surface area contributed by atoms with E-state index in [1.165, 1.54) is 0 Å². The van der Waals surface area contributed by atoms with E-state index in [1.807, 2.05) is 19.1 Å². The van der Waals surface area contributed by atoms with E-state index in [0.717, 1.165) is 3.57 Å². The summed E-state index contributed by atoms with van der Waals surface area (Å²) < 4.78 is 2.68. The summed E-state index contributed by atoms with van der Waals surface area (Å²) in [7, 11) is 0. The van der Waals surface area contributed by atoms with Gasteiger partial charge in [0.1, 0.15) is 5.82 Å². The monoisotopic (exact) mass is 338 g/mol. The van der Waals surface area contributed by atoms with Crippen LogP contribution in [0, 0.1) is 10.5 Å². The van der Waals surface area contributed by atoms with Gasteiger partial charge in [0.2, 0.25) is 0 Å². The molecule has 0 aliphatic carbocycles. The van der Waals surface area contributed by atoms with E-state index in [9.17, 15) is 0 Å². The fourth-order valence-electron chi connectivity index (χ4n) is 1.46. The third-order valence-electron chi connectivity index (χ3n) is 2.24. The predicted molar refractivity (Wildman–Crippen MR) is 69.7 cm³/mol. The van der Waals surface area contributed by atoms with Crippen molar-refractivity contribution in [1.82, 2.24) is 29.9 Å². The second-order valence-electron chi connectivity index (χ2n) is 3.46. The normalized spacial score (nSPS) is 10.9. The minimum absolute atomic E-state index is 0.663. The van der Waals surface area contributed by atoms with Crippen LogP contribution < -0.4 is 0 Å². The number of pyridine rings is 1. The summed E-state index contributed by atoms with van der Waals surface area (Å²) in [5.74, 6) is 1.39. The minimum atomic E-state index is 0.663. The molecule has 0 spiro atoms. The molecule has 84 valence electrons. The zero-order chi connectivity index (χ0) is 11.8. The Hall–Kier alpha value is -1.64. The van der Waals surface area contributed by atoms with E-state index in [2.05, 4.69) is 47.9 Å². The molecular formula is C10H7IN6. The standard InChI is InChI=1S/C10H7IN6/c1-6-12-5-8-10(14-6)17(16-15-8)9-3-2-7(11)4-13-9/h2-5H,1H3. The molecule has 0 unspecified atom stereocenters. The molecule has 0 bridgehead atoms. The molecule has 3 heterocycles. The van der Waals surface area contributed by atoms with Crippen LogP contribution in [0.4, 0.5) is 0 Å². The van der Waals surface area contributed by atoms with Crippen LogP contribution in [-0.4, -0.2) is 29.9 Å². The van der Waals surface area contributed by atoms with Crippen LogP contribution in [0.5, 0.6) is 0 Å². The summed E-state index contributed by atoms with van der Waals surface area (Å²) in [4.78, 5) is 12.7. The molecule has 0 N–H and O–H groups in total. The first-order chi connectivity index (χ1) is 8.24. The maximum atomic E-state index is 4.32. The molecule has 0 saturated heterocycles. The van der Waals surface area contributed by atoms with Crippen LogP contribution in [0.25, 0.3) is 17.0 Å². The Bertz CT molecular complexity index is 675. The van der Waals surface area contributed by atoms with Crippen molar-refractivity contribution in [3.8, 4) is 5.82 Å². The molecule has 0 amide bonds. The lowest BCUT2D eigenvalue weighted by atomic mass is 10.4. The molecule has 6 nitrogen and oxygen atoms in total. The summed E-state index contributed by atoms with van der Waals surface area (Å²) >= 11 is 2.20. The summed E-state index contributed by atoms with van der Waals surface area (Å²) in [6.45, 7) is 1.83. The number of aryl methyl sites for hydroxylation is 1. The zero-order valence-corrected chi connectivity index (χ0v) is 11.0. The van der Waals surface area contributed by atoms with Gasteiger partial charge in [-0.25, -0.2) is 15.0 Å². The predicted octanol–water partition coefficient (Wildman–Crippen LogP) is 1.52. The van der Waals surface area contributed by atoms with Gasteiger partial charge in [-0.2, -0.15) is 4.68 Å². The molecule has 3 aromatic heterocycles. The van der Waals surface area contributed by atoms with Gasteiger partial charge in [0.05, 0.1) is 6.20 Å². The molecule has 0 aromatic carbocycles. The summed E-state index contributed by atoms with van der Waals surface area (Å²) in [6.07, 6.45) is 3.44. The highest BCUT2D eigenvalue weighted by molar-refractivity contribution is 14.1. The van der Waals surface area contributed by atoms with Crippen LogP contribution in [0.2, 0.25) is 0 Å².